The van der Waals surface area contributed by atoms with Crippen molar-refractivity contribution in [1.29, 1.82) is 0 Å². The summed E-state index contributed by atoms with van der Waals surface area (Å²) in [6, 6.07) is 3.09. The molecule has 20 heavy (non-hydrogen) atoms. The van der Waals surface area contributed by atoms with Gasteiger partial charge in [-0.2, -0.15) is 11.3 Å². The van der Waals surface area contributed by atoms with Crippen molar-refractivity contribution in [2.45, 2.75) is 6.42 Å². The van der Waals surface area contributed by atoms with Crippen LogP contribution in [0.25, 0.3) is 0 Å². The fourth-order valence-electron chi connectivity index (χ4n) is 1.55. The average molecular weight is 312 g/mol. The predicted octanol–water partition coefficient (Wildman–Crippen LogP) is 2.68. The third kappa shape index (κ3) is 3.52. The first-order valence-electron chi connectivity index (χ1n) is 5.67. The summed E-state index contributed by atoms with van der Waals surface area (Å²) in [4.78, 5) is 25.6. The maximum atomic E-state index is 11.9. The predicted molar refractivity (Wildman–Crippen MR) is 76.3 cm³/mol. The smallest absolute Gasteiger partial charge is 0.288 e. The molecule has 2 heterocycles. The monoisotopic (exact) mass is 311 g/mol. The Morgan fingerprint density at radius 1 is 1.55 bits per heavy atom. The van der Waals surface area contributed by atoms with E-state index in [0.717, 1.165) is 17.8 Å². The summed E-state index contributed by atoms with van der Waals surface area (Å²) in [6.45, 7) is 0.425. The van der Waals surface area contributed by atoms with Gasteiger partial charge in [0.25, 0.3) is 11.6 Å². The van der Waals surface area contributed by atoms with Crippen LogP contribution in [-0.2, 0) is 6.42 Å². The molecule has 0 atom stereocenters. The van der Waals surface area contributed by atoms with Crippen LogP contribution < -0.4 is 5.32 Å². The molecule has 0 aliphatic rings. The lowest BCUT2D eigenvalue weighted by molar-refractivity contribution is -0.385. The van der Waals surface area contributed by atoms with Crippen molar-refractivity contribution in [2.24, 2.45) is 0 Å². The SMILES string of the molecule is O=C(NCCc1ccsc1)c1cc([N+](=O)[O-])cnc1Cl. The number of hydrogen-bond donors (Lipinski definition) is 1. The second kappa shape index (κ2) is 6.44. The van der Waals surface area contributed by atoms with Crippen LogP contribution >= 0.6 is 22.9 Å². The van der Waals surface area contributed by atoms with E-state index in [9.17, 15) is 14.9 Å². The van der Waals surface area contributed by atoms with E-state index in [1.807, 2.05) is 16.8 Å². The first kappa shape index (κ1) is 14.4. The van der Waals surface area contributed by atoms with Gasteiger partial charge in [0.2, 0.25) is 0 Å². The fourth-order valence-corrected chi connectivity index (χ4v) is 2.44. The molecule has 6 nitrogen and oxygen atoms in total. The zero-order valence-electron chi connectivity index (χ0n) is 10.2. The zero-order chi connectivity index (χ0) is 14.5. The van der Waals surface area contributed by atoms with Crippen LogP contribution in [0.2, 0.25) is 5.15 Å². The van der Waals surface area contributed by atoms with Crippen molar-refractivity contribution < 1.29 is 9.72 Å². The van der Waals surface area contributed by atoms with Gasteiger partial charge < -0.3 is 5.32 Å². The summed E-state index contributed by atoms with van der Waals surface area (Å²) in [5.41, 5.74) is 0.863. The Labute approximate surface area is 123 Å². The number of aromatic nitrogens is 1. The summed E-state index contributed by atoms with van der Waals surface area (Å²) in [5.74, 6) is -0.471. The average Bonchev–Trinajstić information content (AvgIpc) is 2.92. The lowest BCUT2D eigenvalue weighted by atomic mass is 10.2. The van der Waals surface area contributed by atoms with Gasteiger partial charge in [0, 0.05) is 12.6 Å². The largest absolute Gasteiger partial charge is 0.352 e. The Bertz CT molecular complexity index is 631. The normalized spacial score (nSPS) is 10.2. The fraction of sp³-hybridized carbons (Fsp3) is 0.167. The summed E-state index contributed by atoms with van der Waals surface area (Å²) >= 11 is 7.37. The first-order chi connectivity index (χ1) is 9.58. The highest BCUT2D eigenvalue weighted by Crippen LogP contribution is 2.18. The third-order valence-electron chi connectivity index (χ3n) is 2.56. The Morgan fingerprint density at radius 3 is 3.00 bits per heavy atom. The van der Waals surface area contributed by atoms with Gasteiger partial charge in [-0.3, -0.25) is 14.9 Å². The van der Waals surface area contributed by atoms with E-state index >= 15 is 0 Å². The first-order valence-corrected chi connectivity index (χ1v) is 6.99. The van der Waals surface area contributed by atoms with E-state index < -0.39 is 10.8 Å². The minimum atomic E-state index is -0.620. The summed E-state index contributed by atoms with van der Waals surface area (Å²) in [6.07, 6.45) is 1.71. The van der Waals surface area contributed by atoms with Gasteiger partial charge in [0.05, 0.1) is 10.5 Å². The molecule has 0 aliphatic heterocycles. The molecule has 0 bridgehead atoms. The second-order valence-electron chi connectivity index (χ2n) is 3.93. The minimum Gasteiger partial charge on any atom is -0.352 e. The molecule has 0 aromatic carbocycles. The molecule has 1 amide bonds. The molecule has 0 radical (unpaired) electrons. The number of hydrogen-bond acceptors (Lipinski definition) is 5. The quantitative estimate of drug-likeness (QED) is 0.522. The standard InChI is InChI=1S/C12H10ClN3O3S/c13-11-10(5-9(6-15-11)16(18)19)12(17)14-3-1-8-2-4-20-7-8/h2,4-7H,1,3H2,(H,14,17). The molecule has 0 saturated carbocycles. The molecule has 1 N–H and O–H groups in total. The Morgan fingerprint density at radius 2 is 2.35 bits per heavy atom. The van der Waals surface area contributed by atoms with E-state index in [4.69, 9.17) is 11.6 Å². The lowest BCUT2D eigenvalue weighted by Crippen LogP contribution is -2.26. The molecule has 2 aromatic heterocycles. The number of amides is 1. The van der Waals surface area contributed by atoms with Crippen LogP contribution in [0.1, 0.15) is 15.9 Å². The van der Waals surface area contributed by atoms with Gasteiger partial charge in [0.15, 0.2) is 0 Å². The number of nitro groups is 1. The van der Waals surface area contributed by atoms with E-state index in [1.165, 1.54) is 0 Å². The molecule has 0 unspecified atom stereocenters. The van der Waals surface area contributed by atoms with Gasteiger partial charge in [-0.15, -0.1) is 0 Å². The van der Waals surface area contributed by atoms with Gasteiger partial charge in [0.1, 0.15) is 11.3 Å². The number of rotatable bonds is 5. The highest BCUT2D eigenvalue weighted by atomic mass is 35.5. The van der Waals surface area contributed by atoms with Crippen LogP contribution in [-0.4, -0.2) is 22.4 Å². The molecule has 2 rings (SSSR count). The van der Waals surface area contributed by atoms with Crippen LogP contribution in [0, 0.1) is 10.1 Å². The zero-order valence-corrected chi connectivity index (χ0v) is 11.8. The molecular weight excluding hydrogens is 302 g/mol. The van der Waals surface area contributed by atoms with Gasteiger partial charge >= 0.3 is 0 Å². The lowest BCUT2D eigenvalue weighted by Gasteiger charge is -2.05. The number of halogens is 1. The van der Waals surface area contributed by atoms with Gasteiger partial charge in [-0.25, -0.2) is 4.98 Å². The molecular formula is C12H10ClN3O3S. The van der Waals surface area contributed by atoms with Crippen molar-refractivity contribution in [3.63, 3.8) is 0 Å². The summed E-state index contributed by atoms with van der Waals surface area (Å²) in [5, 5.41) is 17.2. The number of carbonyl (C=O) groups is 1. The molecule has 0 fully saturated rings. The molecule has 104 valence electrons. The van der Waals surface area contributed by atoms with Gasteiger partial charge in [-0.05, 0) is 28.8 Å². The second-order valence-corrected chi connectivity index (χ2v) is 5.06. The maximum Gasteiger partial charge on any atom is 0.288 e. The Hall–Kier alpha value is -1.99. The number of nitrogens with one attached hydrogen (secondary N) is 1. The summed E-state index contributed by atoms with van der Waals surface area (Å²) < 4.78 is 0. The number of thiophene rings is 1. The van der Waals surface area contributed by atoms with Crippen LogP contribution in [0.3, 0.4) is 0 Å². The molecule has 0 saturated heterocycles. The number of carbonyl (C=O) groups excluding carboxylic acids is 1. The molecule has 2 aromatic rings. The van der Waals surface area contributed by atoms with E-state index in [0.29, 0.717) is 13.0 Å². The Balaban J connectivity index is 2.01. The topological polar surface area (TPSA) is 85.1 Å². The van der Waals surface area contributed by atoms with E-state index in [2.05, 4.69) is 10.3 Å². The van der Waals surface area contributed by atoms with E-state index in [1.54, 1.807) is 11.3 Å². The highest BCUT2D eigenvalue weighted by molar-refractivity contribution is 7.07. The Kier molecular flexibility index (Phi) is 4.65. The third-order valence-corrected chi connectivity index (χ3v) is 3.59. The van der Waals surface area contributed by atoms with Crippen LogP contribution in [0.4, 0.5) is 5.69 Å². The van der Waals surface area contributed by atoms with Crippen molar-refractivity contribution >= 4 is 34.5 Å². The van der Waals surface area contributed by atoms with Crippen molar-refractivity contribution in [1.82, 2.24) is 10.3 Å². The highest BCUT2D eigenvalue weighted by Gasteiger charge is 2.16. The molecule has 0 spiro atoms. The summed E-state index contributed by atoms with van der Waals surface area (Å²) in [7, 11) is 0. The molecule has 8 heteroatoms. The van der Waals surface area contributed by atoms with E-state index in [-0.39, 0.29) is 16.4 Å². The molecule has 0 aliphatic carbocycles. The van der Waals surface area contributed by atoms with Crippen molar-refractivity contribution in [2.75, 3.05) is 6.54 Å². The minimum absolute atomic E-state index is 0.00573. The van der Waals surface area contributed by atoms with Crippen molar-refractivity contribution in [3.05, 3.63) is 55.5 Å². The van der Waals surface area contributed by atoms with Crippen molar-refractivity contribution in [3.8, 4) is 0 Å². The van der Waals surface area contributed by atoms with Gasteiger partial charge in [-0.1, -0.05) is 11.6 Å². The number of nitrogens with zero attached hydrogens (tertiary/aromatic N) is 2. The number of pyridine rings is 1. The van der Waals surface area contributed by atoms with Crippen LogP contribution in [0.5, 0.6) is 0 Å². The van der Waals surface area contributed by atoms with Crippen LogP contribution in [0.15, 0.2) is 29.1 Å². The maximum absolute atomic E-state index is 11.9.